The fraction of sp³-hybridized carbons (Fsp3) is 0.407. The Bertz CT molecular complexity index is 981. The zero-order chi connectivity index (χ0) is 22.9. The molecule has 0 saturated heterocycles. The van der Waals surface area contributed by atoms with Gasteiger partial charge in [0.05, 0.1) is 6.10 Å². The molecule has 32 heavy (non-hydrogen) atoms. The second-order valence-corrected chi connectivity index (χ2v) is 9.68. The third-order valence-electron chi connectivity index (χ3n) is 5.95. The van der Waals surface area contributed by atoms with E-state index in [0.29, 0.717) is 25.7 Å². The lowest BCUT2D eigenvalue weighted by Gasteiger charge is -2.16. The van der Waals surface area contributed by atoms with Crippen LogP contribution < -0.4 is 0 Å². The molecule has 3 rings (SSSR count). The Balaban J connectivity index is 1.45. The molecule has 0 fully saturated rings. The predicted octanol–water partition coefficient (Wildman–Crippen LogP) is 6.10. The summed E-state index contributed by atoms with van der Waals surface area (Å²) < 4.78 is 1.30. The minimum atomic E-state index is -0.781. The van der Waals surface area contributed by atoms with Crippen molar-refractivity contribution in [3.63, 3.8) is 0 Å². The fourth-order valence-electron chi connectivity index (χ4n) is 4.19. The molecule has 1 aliphatic carbocycles. The molecule has 0 spiro atoms. The van der Waals surface area contributed by atoms with Crippen LogP contribution in [0.3, 0.4) is 0 Å². The average molecular weight is 453 g/mol. The van der Waals surface area contributed by atoms with E-state index >= 15 is 0 Å². The number of rotatable bonds is 12. The summed E-state index contributed by atoms with van der Waals surface area (Å²) in [5.41, 5.74) is 1.04. The number of hydrogen-bond donors (Lipinski definition) is 2. The number of carboxylic acid groups (broad SMARTS) is 1. The Morgan fingerprint density at radius 3 is 2.81 bits per heavy atom. The second-order valence-electron chi connectivity index (χ2n) is 8.51. The molecule has 170 valence electrons. The summed E-state index contributed by atoms with van der Waals surface area (Å²) in [6, 6.07) is 10.6. The maximum Gasteiger partial charge on any atom is 0.303 e. The number of allylic oxidation sites excluding steroid dienone is 5. The number of aliphatic hydroxyl groups excluding tert-OH is 1. The van der Waals surface area contributed by atoms with Crippen LogP contribution in [0.15, 0.2) is 66.3 Å². The van der Waals surface area contributed by atoms with E-state index in [1.54, 1.807) is 6.08 Å². The number of carboxylic acids is 1. The molecule has 5 heteroatoms. The van der Waals surface area contributed by atoms with Gasteiger partial charge in [-0.3, -0.25) is 9.59 Å². The number of aliphatic carboxylic acids is 1. The Hall–Kier alpha value is -2.50. The van der Waals surface area contributed by atoms with Crippen molar-refractivity contribution in [3.8, 4) is 0 Å². The van der Waals surface area contributed by atoms with Crippen LogP contribution in [0.1, 0.15) is 50.3 Å². The van der Waals surface area contributed by atoms with Gasteiger partial charge in [-0.05, 0) is 69.0 Å². The van der Waals surface area contributed by atoms with Crippen molar-refractivity contribution in [2.75, 3.05) is 0 Å². The van der Waals surface area contributed by atoms with Crippen molar-refractivity contribution in [1.29, 1.82) is 0 Å². The van der Waals surface area contributed by atoms with E-state index in [2.05, 4.69) is 30.3 Å². The topological polar surface area (TPSA) is 74.6 Å². The van der Waals surface area contributed by atoms with Gasteiger partial charge in [0.15, 0.2) is 5.78 Å². The largest absolute Gasteiger partial charge is 0.481 e. The number of benzene rings is 1. The first-order chi connectivity index (χ1) is 15.4. The SMILES string of the molecule is CC1=CC(=O)[C@H](C/C=C\CCCC(=O)O)[C@H]1/C=C/[C@@H](O)CCCc1cc2ccccc2s1. The Morgan fingerprint density at radius 1 is 1.22 bits per heavy atom. The molecule has 2 N–H and O–H groups in total. The highest BCUT2D eigenvalue weighted by molar-refractivity contribution is 7.19. The maximum atomic E-state index is 12.4. The van der Waals surface area contributed by atoms with E-state index in [1.165, 1.54) is 15.0 Å². The number of fused-ring (bicyclic) bond motifs is 1. The Morgan fingerprint density at radius 2 is 2.03 bits per heavy atom. The zero-order valence-corrected chi connectivity index (χ0v) is 19.4. The first-order valence-electron chi connectivity index (χ1n) is 11.4. The third kappa shape index (κ3) is 7.01. The molecular weight excluding hydrogens is 420 g/mol. The summed E-state index contributed by atoms with van der Waals surface area (Å²) in [5, 5.41) is 20.4. The van der Waals surface area contributed by atoms with Crippen LogP contribution in [0.25, 0.3) is 10.1 Å². The van der Waals surface area contributed by atoms with Gasteiger partial charge in [-0.15, -0.1) is 11.3 Å². The van der Waals surface area contributed by atoms with Crippen LogP contribution in [-0.4, -0.2) is 28.1 Å². The van der Waals surface area contributed by atoms with Gasteiger partial charge in [0.1, 0.15) is 0 Å². The van der Waals surface area contributed by atoms with Crippen LogP contribution in [0.4, 0.5) is 0 Å². The van der Waals surface area contributed by atoms with Gasteiger partial charge in [0.25, 0.3) is 0 Å². The van der Waals surface area contributed by atoms with Crippen molar-refractivity contribution in [1.82, 2.24) is 0 Å². The summed E-state index contributed by atoms with van der Waals surface area (Å²) in [5.74, 6) is -0.764. The predicted molar refractivity (Wildman–Crippen MR) is 131 cm³/mol. The van der Waals surface area contributed by atoms with E-state index in [9.17, 15) is 14.7 Å². The smallest absolute Gasteiger partial charge is 0.303 e. The van der Waals surface area contributed by atoms with E-state index in [0.717, 1.165) is 18.4 Å². The van der Waals surface area contributed by atoms with Gasteiger partial charge < -0.3 is 10.2 Å². The summed E-state index contributed by atoms with van der Waals surface area (Å²) in [6.07, 6.45) is 13.7. The second kappa shape index (κ2) is 11.9. The monoisotopic (exact) mass is 452 g/mol. The average Bonchev–Trinajstić information content (AvgIpc) is 3.28. The standard InChI is InChI=1S/C27H32O4S/c1-19-17-25(29)24(12-4-2-3-5-14-27(30)31)23(19)16-15-21(28)10-8-11-22-18-20-9-6-7-13-26(20)32-22/h2,4,6-7,9,13,15-18,21,23-24,28H,3,5,8,10-12,14H2,1H3,(H,30,31)/b4-2-,16-15+/t21-,23-,24+/m0/s1. The van der Waals surface area contributed by atoms with Crippen LogP contribution in [0, 0.1) is 11.8 Å². The molecule has 0 unspecified atom stereocenters. The molecule has 0 bridgehead atoms. The number of aryl methyl sites for hydroxylation is 1. The van der Waals surface area contributed by atoms with Gasteiger partial charge in [-0.25, -0.2) is 0 Å². The molecule has 4 nitrogen and oxygen atoms in total. The van der Waals surface area contributed by atoms with Gasteiger partial charge in [0.2, 0.25) is 0 Å². The lowest BCUT2D eigenvalue weighted by Crippen LogP contribution is -2.15. The number of hydrogen-bond acceptors (Lipinski definition) is 4. The lowest BCUT2D eigenvalue weighted by molar-refractivity contribution is -0.137. The van der Waals surface area contributed by atoms with Crippen molar-refractivity contribution in [2.45, 2.75) is 58.0 Å². The molecule has 1 aliphatic rings. The number of ketones is 1. The fourth-order valence-corrected chi connectivity index (χ4v) is 5.30. The van der Waals surface area contributed by atoms with Crippen LogP contribution in [0.5, 0.6) is 0 Å². The van der Waals surface area contributed by atoms with Crippen LogP contribution in [0.2, 0.25) is 0 Å². The molecule has 1 aromatic carbocycles. The number of unbranched alkanes of at least 4 members (excludes halogenated alkanes) is 1. The van der Waals surface area contributed by atoms with Gasteiger partial charge >= 0.3 is 5.97 Å². The quantitative estimate of drug-likeness (QED) is 0.301. The molecule has 0 aliphatic heterocycles. The lowest BCUT2D eigenvalue weighted by atomic mass is 9.87. The summed E-state index contributed by atoms with van der Waals surface area (Å²) in [7, 11) is 0. The number of carbonyl (C=O) groups excluding carboxylic acids is 1. The first kappa shape index (κ1) is 24.1. The zero-order valence-electron chi connectivity index (χ0n) is 18.6. The molecule has 2 aromatic rings. The van der Waals surface area contributed by atoms with Crippen LogP contribution in [-0.2, 0) is 16.0 Å². The highest BCUT2D eigenvalue weighted by Crippen LogP contribution is 2.33. The number of thiophene rings is 1. The van der Waals surface area contributed by atoms with E-state index in [4.69, 9.17) is 5.11 Å². The Labute approximate surface area is 194 Å². The summed E-state index contributed by atoms with van der Waals surface area (Å²) >= 11 is 1.82. The minimum Gasteiger partial charge on any atom is -0.481 e. The van der Waals surface area contributed by atoms with Gasteiger partial charge in [-0.1, -0.05) is 48.1 Å². The third-order valence-corrected chi connectivity index (χ3v) is 7.13. The molecule has 1 aromatic heterocycles. The van der Waals surface area contributed by atoms with Crippen molar-refractivity contribution in [3.05, 3.63) is 71.2 Å². The van der Waals surface area contributed by atoms with Crippen LogP contribution >= 0.6 is 11.3 Å². The highest BCUT2D eigenvalue weighted by atomic mass is 32.1. The highest BCUT2D eigenvalue weighted by Gasteiger charge is 2.31. The van der Waals surface area contributed by atoms with Crippen molar-refractivity contribution >= 4 is 33.2 Å². The molecule has 0 radical (unpaired) electrons. The molecule has 3 atom stereocenters. The number of aliphatic hydroxyl groups is 1. The van der Waals surface area contributed by atoms with Crippen molar-refractivity contribution < 1.29 is 19.8 Å². The van der Waals surface area contributed by atoms with Crippen molar-refractivity contribution in [2.24, 2.45) is 11.8 Å². The summed E-state index contributed by atoms with van der Waals surface area (Å²) in [4.78, 5) is 24.3. The molecular formula is C27H32O4S. The molecule has 1 heterocycles. The summed E-state index contributed by atoms with van der Waals surface area (Å²) in [6.45, 7) is 1.97. The first-order valence-corrected chi connectivity index (χ1v) is 12.2. The van der Waals surface area contributed by atoms with E-state index < -0.39 is 12.1 Å². The minimum absolute atomic E-state index is 0.0171. The van der Waals surface area contributed by atoms with E-state index in [1.807, 2.05) is 42.6 Å². The molecule has 0 saturated carbocycles. The number of carbonyl (C=O) groups is 2. The normalized spacial score (nSPS) is 19.9. The Kier molecular flexibility index (Phi) is 9.00. The van der Waals surface area contributed by atoms with Gasteiger partial charge in [0, 0.05) is 27.8 Å². The van der Waals surface area contributed by atoms with Gasteiger partial charge in [-0.2, -0.15) is 0 Å². The molecule has 0 amide bonds. The van der Waals surface area contributed by atoms with E-state index in [-0.39, 0.29) is 24.0 Å². The maximum absolute atomic E-state index is 12.4.